The maximum atomic E-state index is 14.7. The van der Waals surface area contributed by atoms with Crippen LogP contribution in [0.5, 0.6) is 5.75 Å². The number of anilines is 1. The molecule has 24 heavy (non-hydrogen) atoms. The van der Waals surface area contributed by atoms with Crippen molar-refractivity contribution in [3.63, 3.8) is 0 Å². The van der Waals surface area contributed by atoms with E-state index in [0.717, 1.165) is 24.2 Å². The molecule has 0 atom stereocenters. The van der Waals surface area contributed by atoms with Gasteiger partial charge in [0.15, 0.2) is 0 Å². The highest BCUT2D eigenvalue weighted by Gasteiger charge is 2.23. The summed E-state index contributed by atoms with van der Waals surface area (Å²) in [6.45, 7) is 0. The predicted molar refractivity (Wildman–Crippen MR) is 88.6 cm³/mol. The highest BCUT2D eigenvalue weighted by atomic mass is 19.1. The van der Waals surface area contributed by atoms with Crippen molar-refractivity contribution in [3.05, 3.63) is 36.5 Å². The Kier molecular flexibility index (Phi) is 3.76. The third-order valence-electron chi connectivity index (χ3n) is 4.46. The molecule has 0 saturated heterocycles. The van der Waals surface area contributed by atoms with Crippen molar-refractivity contribution < 1.29 is 9.13 Å². The summed E-state index contributed by atoms with van der Waals surface area (Å²) in [5, 5.41) is 7.67. The van der Waals surface area contributed by atoms with Gasteiger partial charge in [0.1, 0.15) is 17.9 Å². The first-order valence-corrected chi connectivity index (χ1v) is 8.06. The zero-order valence-corrected chi connectivity index (χ0v) is 13.4. The molecular weight excluding hydrogens is 309 g/mol. The number of hydrogen-bond acceptors (Lipinski definition) is 5. The minimum Gasteiger partial charge on any atom is -0.497 e. The Hall–Kier alpha value is -2.70. The minimum absolute atomic E-state index is 0.255. The van der Waals surface area contributed by atoms with Crippen LogP contribution in [-0.2, 0) is 0 Å². The van der Waals surface area contributed by atoms with Crippen LogP contribution in [0.15, 0.2) is 30.6 Å². The van der Waals surface area contributed by atoms with Crippen LogP contribution in [0, 0.1) is 5.95 Å². The number of methoxy groups -OCH3 is 1. The summed E-state index contributed by atoms with van der Waals surface area (Å²) in [4.78, 5) is 7.96. The molecule has 124 valence electrons. The molecule has 0 aliphatic heterocycles. The lowest BCUT2D eigenvalue weighted by molar-refractivity contribution is 0.415. The maximum absolute atomic E-state index is 14.7. The molecule has 2 heterocycles. The second-order valence-electron chi connectivity index (χ2n) is 5.95. The molecule has 0 radical (unpaired) electrons. The molecule has 1 aromatic carbocycles. The van der Waals surface area contributed by atoms with E-state index in [-0.39, 0.29) is 5.78 Å². The van der Waals surface area contributed by atoms with Crippen molar-refractivity contribution in [2.45, 2.75) is 31.7 Å². The second-order valence-corrected chi connectivity index (χ2v) is 5.95. The van der Waals surface area contributed by atoms with Gasteiger partial charge in [0.25, 0.3) is 5.78 Å². The lowest BCUT2D eigenvalue weighted by Crippen LogP contribution is -2.19. The van der Waals surface area contributed by atoms with Crippen LogP contribution < -0.4 is 10.1 Å². The summed E-state index contributed by atoms with van der Waals surface area (Å²) in [6, 6.07) is 7.57. The third-order valence-corrected chi connectivity index (χ3v) is 4.46. The number of rotatable bonds is 4. The SMILES string of the molecule is COc1ccc(-c2c(F)nc3ncnn3c2NC2CCCC2)cc1. The fraction of sp³-hybridized carbons (Fsp3) is 0.353. The Morgan fingerprint density at radius 3 is 2.67 bits per heavy atom. The molecule has 0 bridgehead atoms. The Morgan fingerprint density at radius 2 is 1.96 bits per heavy atom. The molecule has 1 aliphatic rings. The van der Waals surface area contributed by atoms with Crippen LogP contribution in [0.4, 0.5) is 10.2 Å². The van der Waals surface area contributed by atoms with Crippen molar-refractivity contribution >= 4 is 11.6 Å². The number of nitrogens with one attached hydrogen (secondary N) is 1. The molecule has 0 amide bonds. The first-order chi connectivity index (χ1) is 11.8. The molecule has 7 heteroatoms. The Labute approximate surface area is 138 Å². The third kappa shape index (κ3) is 2.55. The molecule has 6 nitrogen and oxygen atoms in total. The number of nitrogens with zero attached hydrogens (tertiary/aromatic N) is 4. The first kappa shape index (κ1) is 14.9. The number of hydrogen-bond donors (Lipinski definition) is 1. The van der Waals surface area contributed by atoms with Crippen molar-refractivity contribution in [2.24, 2.45) is 0 Å². The van der Waals surface area contributed by atoms with E-state index in [1.54, 1.807) is 23.8 Å². The van der Waals surface area contributed by atoms with Crippen LogP contribution in [0.25, 0.3) is 16.9 Å². The minimum atomic E-state index is -0.554. The molecule has 1 fully saturated rings. The summed E-state index contributed by atoms with van der Waals surface area (Å²) < 4.78 is 21.5. The van der Waals surface area contributed by atoms with E-state index in [1.165, 1.54) is 19.2 Å². The van der Waals surface area contributed by atoms with Gasteiger partial charge in [-0.05, 0) is 30.5 Å². The summed E-state index contributed by atoms with van der Waals surface area (Å²) in [6.07, 6.45) is 5.90. The normalized spacial score (nSPS) is 15.1. The van der Waals surface area contributed by atoms with Crippen molar-refractivity contribution in [1.29, 1.82) is 0 Å². The molecule has 2 aromatic heterocycles. The molecule has 0 unspecified atom stereocenters. The van der Waals surface area contributed by atoms with Gasteiger partial charge >= 0.3 is 0 Å². The Morgan fingerprint density at radius 1 is 1.21 bits per heavy atom. The average Bonchev–Trinajstić information content (AvgIpc) is 3.26. The van der Waals surface area contributed by atoms with Gasteiger partial charge in [0, 0.05) is 6.04 Å². The van der Waals surface area contributed by atoms with Gasteiger partial charge in [-0.15, -0.1) is 0 Å². The highest BCUT2D eigenvalue weighted by molar-refractivity contribution is 5.77. The topological polar surface area (TPSA) is 64.3 Å². The van der Waals surface area contributed by atoms with E-state index >= 15 is 0 Å². The average molecular weight is 327 g/mol. The van der Waals surface area contributed by atoms with Gasteiger partial charge in [-0.3, -0.25) is 0 Å². The number of fused-ring (bicyclic) bond motifs is 1. The van der Waals surface area contributed by atoms with Crippen LogP contribution in [0.2, 0.25) is 0 Å². The van der Waals surface area contributed by atoms with Crippen molar-refractivity contribution in [3.8, 4) is 16.9 Å². The summed E-state index contributed by atoms with van der Waals surface area (Å²) >= 11 is 0. The summed E-state index contributed by atoms with van der Waals surface area (Å²) in [5.74, 6) is 1.03. The lowest BCUT2D eigenvalue weighted by Gasteiger charge is -2.18. The van der Waals surface area contributed by atoms with Gasteiger partial charge in [-0.2, -0.15) is 24.0 Å². The quantitative estimate of drug-likeness (QED) is 0.745. The highest BCUT2D eigenvalue weighted by Crippen LogP contribution is 2.33. The zero-order chi connectivity index (χ0) is 16.5. The molecule has 0 spiro atoms. The fourth-order valence-electron chi connectivity index (χ4n) is 3.23. The second kappa shape index (κ2) is 6.07. The van der Waals surface area contributed by atoms with E-state index < -0.39 is 5.95 Å². The van der Waals surface area contributed by atoms with Crippen LogP contribution in [0.3, 0.4) is 0 Å². The number of ether oxygens (including phenoxy) is 1. The number of halogens is 1. The van der Waals surface area contributed by atoms with Crippen molar-refractivity contribution in [2.75, 3.05) is 12.4 Å². The Balaban J connectivity index is 1.86. The molecule has 1 aliphatic carbocycles. The zero-order valence-electron chi connectivity index (χ0n) is 13.4. The van der Waals surface area contributed by atoms with Crippen LogP contribution in [0.1, 0.15) is 25.7 Å². The van der Waals surface area contributed by atoms with E-state index in [9.17, 15) is 4.39 Å². The number of aromatic nitrogens is 4. The monoisotopic (exact) mass is 327 g/mol. The summed E-state index contributed by atoms with van der Waals surface area (Å²) in [5.41, 5.74) is 1.13. The standard InChI is InChI=1S/C17H18FN5O/c1-24-13-8-6-11(7-9-13)14-15(18)22-17-19-10-20-23(17)16(14)21-12-4-2-3-5-12/h6-10,12,21H,2-5H2,1H3. The molecule has 1 saturated carbocycles. The summed E-state index contributed by atoms with van der Waals surface area (Å²) in [7, 11) is 1.60. The fourth-order valence-corrected chi connectivity index (χ4v) is 3.23. The molecule has 4 rings (SSSR count). The molecule has 3 aromatic rings. The number of benzene rings is 1. The van der Waals surface area contributed by atoms with Gasteiger partial charge < -0.3 is 10.1 Å². The lowest BCUT2D eigenvalue weighted by atomic mass is 10.1. The first-order valence-electron chi connectivity index (χ1n) is 8.06. The van der Waals surface area contributed by atoms with Gasteiger partial charge in [-0.1, -0.05) is 25.0 Å². The van der Waals surface area contributed by atoms with E-state index in [1.807, 2.05) is 12.1 Å². The smallest absolute Gasteiger partial charge is 0.256 e. The van der Waals surface area contributed by atoms with Gasteiger partial charge in [0.05, 0.1) is 12.7 Å². The van der Waals surface area contributed by atoms with E-state index in [2.05, 4.69) is 20.4 Å². The maximum Gasteiger partial charge on any atom is 0.256 e. The van der Waals surface area contributed by atoms with Gasteiger partial charge in [0.2, 0.25) is 5.95 Å². The van der Waals surface area contributed by atoms with Gasteiger partial charge in [-0.25, -0.2) is 0 Å². The molecular formula is C17H18FN5O. The van der Waals surface area contributed by atoms with E-state index in [4.69, 9.17) is 4.74 Å². The van der Waals surface area contributed by atoms with Crippen LogP contribution >= 0.6 is 0 Å². The predicted octanol–water partition coefficient (Wildman–Crippen LogP) is 3.29. The largest absolute Gasteiger partial charge is 0.497 e. The Bertz CT molecular complexity index is 855. The van der Waals surface area contributed by atoms with Crippen LogP contribution in [-0.4, -0.2) is 32.7 Å². The molecule has 1 N–H and O–H groups in total. The van der Waals surface area contributed by atoms with Crippen molar-refractivity contribution in [1.82, 2.24) is 19.6 Å². The van der Waals surface area contributed by atoms with E-state index in [0.29, 0.717) is 17.4 Å².